The molecule has 1 aromatic rings. The fourth-order valence-corrected chi connectivity index (χ4v) is 2.39. The number of phenols is 1. The van der Waals surface area contributed by atoms with E-state index in [4.69, 9.17) is 5.11 Å². The number of hydrogen-bond donors (Lipinski definition) is 1. The van der Waals surface area contributed by atoms with E-state index in [1.54, 1.807) is 0 Å². The Morgan fingerprint density at radius 3 is 2.44 bits per heavy atom. The highest BCUT2D eigenvalue weighted by atomic mass is 32.2. The number of hydrogen-bond acceptors (Lipinski definition) is 4. The first-order chi connectivity index (χ1) is 8.35. The average molecular weight is 269 g/mol. The predicted molar refractivity (Wildman–Crippen MR) is 70.4 cm³/mol. The molecule has 0 aromatic heterocycles. The van der Waals surface area contributed by atoms with Gasteiger partial charge in [0.1, 0.15) is 11.5 Å². The minimum absolute atomic E-state index is 0.0823. The van der Waals surface area contributed by atoms with Gasteiger partial charge in [-0.25, -0.2) is 8.42 Å². The van der Waals surface area contributed by atoms with E-state index in [-0.39, 0.29) is 11.5 Å². The molecule has 0 spiro atoms. The van der Waals surface area contributed by atoms with E-state index in [9.17, 15) is 13.2 Å². The first-order valence-corrected chi connectivity index (χ1v) is 7.05. The summed E-state index contributed by atoms with van der Waals surface area (Å²) in [6, 6.07) is 5.93. The molecule has 1 amide bonds. The lowest BCUT2D eigenvalue weighted by Gasteiger charge is -2.17. The quantitative estimate of drug-likeness (QED) is 0.808. The van der Waals surface area contributed by atoms with Gasteiger partial charge in [0.15, 0.2) is 9.84 Å². The second kappa shape index (κ2) is 5.68. The van der Waals surface area contributed by atoms with E-state index in [1.165, 1.54) is 42.3 Å². The Kier molecular flexibility index (Phi) is 4.49. The van der Waals surface area contributed by atoms with Crippen LogP contribution in [0, 0.1) is 0 Å². The number of carbonyl (C=O) groups is 1. The number of phenolic OH excluding ortho intramolecular Hbond substituents is 1. The van der Waals surface area contributed by atoms with Crippen LogP contribution in [0.1, 0.15) is 0 Å². The molecule has 1 aromatic carbocycles. The fourth-order valence-electron chi connectivity index (χ4n) is 1.34. The highest BCUT2D eigenvalue weighted by Gasteiger charge is 2.19. The van der Waals surface area contributed by atoms with Gasteiger partial charge in [-0.1, -0.05) is 6.08 Å². The Morgan fingerprint density at radius 1 is 1.39 bits per heavy atom. The third kappa shape index (κ3) is 3.89. The van der Waals surface area contributed by atoms with Crippen molar-refractivity contribution in [1.82, 2.24) is 0 Å². The molecule has 0 unspecified atom stereocenters. The summed E-state index contributed by atoms with van der Waals surface area (Å²) in [6.07, 6.45) is 1.25. The summed E-state index contributed by atoms with van der Waals surface area (Å²) in [7, 11) is -1.97. The Balaban J connectivity index is 2.79. The fraction of sp³-hybridized carbons (Fsp3) is 0.250. The van der Waals surface area contributed by atoms with Crippen molar-refractivity contribution in [1.29, 1.82) is 0 Å². The second-order valence-electron chi connectivity index (χ2n) is 3.81. The van der Waals surface area contributed by atoms with Crippen molar-refractivity contribution < 1.29 is 18.3 Å². The van der Waals surface area contributed by atoms with Gasteiger partial charge in [-0.2, -0.15) is 0 Å². The number of aromatic hydroxyl groups is 1. The Bertz CT molecular complexity index is 534. The summed E-state index contributed by atoms with van der Waals surface area (Å²) >= 11 is 0. The molecule has 1 N–H and O–H groups in total. The molecule has 18 heavy (non-hydrogen) atoms. The topological polar surface area (TPSA) is 74.7 Å². The van der Waals surface area contributed by atoms with Crippen molar-refractivity contribution in [2.75, 3.05) is 23.5 Å². The SMILES string of the molecule is C=CCS(=O)(=O)CC(=O)N(C)c1ccc(O)cc1. The highest BCUT2D eigenvalue weighted by molar-refractivity contribution is 7.92. The molecule has 0 bridgehead atoms. The number of rotatable bonds is 5. The lowest BCUT2D eigenvalue weighted by molar-refractivity contribution is -0.115. The van der Waals surface area contributed by atoms with Crippen LogP contribution in [0.5, 0.6) is 5.75 Å². The maximum Gasteiger partial charge on any atom is 0.241 e. The Morgan fingerprint density at radius 2 is 1.94 bits per heavy atom. The molecule has 5 nitrogen and oxygen atoms in total. The minimum Gasteiger partial charge on any atom is -0.508 e. The van der Waals surface area contributed by atoms with Crippen LogP contribution in [-0.2, 0) is 14.6 Å². The molecular weight excluding hydrogens is 254 g/mol. The van der Waals surface area contributed by atoms with E-state index in [0.717, 1.165) is 0 Å². The third-order valence-corrected chi connectivity index (χ3v) is 3.76. The zero-order valence-electron chi connectivity index (χ0n) is 10.0. The van der Waals surface area contributed by atoms with E-state index in [0.29, 0.717) is 5.69 Å². The van der Waals surface area contributed by atoms with Gasteiger partial charge in [0.25, 0.3) is 0 Å². The number of nitrogens with zero attached hydrogens (tertiary/aromatic N) is 1. The largest absolute Gasteiger partial charge is 0.508 e. The van der Waals surface area contributed by atoms with Gasteiger partial charge >= 0.3 is 0 Å². The normalized spacial score (nSPS) is 10.9. The van der Waals surface area contributed by atoms with Gasteiger partial charge in [-0.15, -0.1) is 6.58 Å². The predicted octanol–water partition coefficient (Wildman–Crippen LogP) is 0.956. The second-order valence-corrected chi connectivity index (χ2v) is 5.92. The number of carbonyl (C=O) groups excluding carboxylic acids is 1. The van der Waals surface area contributed by atoms with E-state index in [1.807, 2.05) is 0 Å². The summed E-state index contributed by atoms with van der Waals surface area (Å²) in [5.74, 6) is -1.22. The molecule has 0 aliphatic heterocycles. The van der Waals surface area contributed by atoms with E-state index in [2.05, 4.69) is 6.58 Å². The molecule has 1 rings (SSSR count). The average Bonchev–Trinajstić information content (AvgIpc) is 2.28. The molecule has 98 valence electrons. The van der Waals surface area contributed by atoms with Gasteiger partial charge in [0.2, 0.25) is 5.91 Å². The van der Waals surface area contributed by atoms with E-state index >= 15 is 0 Å². The molecule has 0 heterocycles. The van der Waals surface area contributed by atoms with Crippen molar-refractivity contribution in [3.8, 4) is 5.75 Å². The van der Waals surface area contributed by atoms with Crippen LogP contribution in [-0.4, -0.2) is 38.0 Å². The number of benzene rings is 1. The number of amides is 1. The van der Waals surface area contributed by atoms with Gasteiger partial charge in [0, 0.05) is 12.7 Å². The van der Waals surface area contributed by atoms with Crippen molar-refractivity contribution in [3.63, 3.8) is 0 Å². The zero-order valence-corrected chi connectivity index (χ0v) is 10.9. The van der Waals surface area contributed by atoms with Crippen LogP contribution < -0.4 is 4.90 Å². The molecule has 0 aliphatic rings. The summed E-state index contributed by atoms with van der Waals surface area (Å²) in [5.41, 5.74) is 0.520. The first-order valence-electron chi connectivity index (χ1n) is 5.22. The molecule has 0 saturated heterocycles. The molecule has 0 saturated carbocycles. The van der Waals surface area contributed by atoms with Gasteiger partial charge in [0.05, 0.1) is 5.75 Å². The highest BCUT2D eigenvalue weighted by Crippen LogP contribution is 2.17. The molecule has 0 atom stereocenters. The van der Waals surface area contributed by atoms with Crippen LogP contribution >= 0.6 is 0 Å². The lowest BCUT2D eigenvalue weighted by atomic mass is 10.3. The van der Waals surface area contributed by atoms with Gasteiger partial charge < -0.3 is 10.0 Å². The maximum atomic E-state index is 11.8. The van der Waals surface area contributed by atoms with Crippen LogP contribution in [0.2, 0.25) is 0 Å². The number of anilines is 1. The monoisotopic (exact) mass is 269 g/mol. The summed E-state index contributed by atoms with van der Waals surface area (Å²) < 4.78 is 22.9. The molecule has 0 fully saturated rings. The van der Waals surface area contributed by atoms with Crippen LogP contribution in [0.4, 0.5) is 5.69 Å². The molecular formula is C12H15NO4S. The van der Waals surface area contributed by atoms with Crippen molar-refractivity contribution in [2.45, 2.75) is 0 Å². The van der Waals surface area contributed by atoms with Gasteiger partial charge in [-0.3, -0.25) is 4.79 Å². The summed E-state index contributed by atoms with van der Waals surface area (Å²) in [5, 5.41) is 9.12. The van der Waals surface area contributed by atoms with Gasteiger partial charge in [-0.05, 0) is 24.3 Å². The zero-order chi connectivity index (χ0) is 13.8. The minimum atomic E-state index is -3.45. The molecule has 6 heteroatoms. The van der Waals surface area contributed by atoms with E-state index < -0.39 is 21.5 Å². The van der Waals surface area contributed by atoms with Crippen molar-refractivity contribution >= 4 is 21.4 Å². The van der Waals surface area contributed by atoms with Crippen molar-refractivity contribution in [3.05, 3.63) is 36.9 Å². The smallest absolute Gasteiger partial charge is 0.241 e. The summed E-state index contributed by atoms with van der Waals surface area (Å²) in [4.78, 5) is 13.0. The van der Waals surface area contributed by atoms with Crippen LogP contribution in [0.25, 0.3) is 0 Å². The van der Waals surface area contributed by atoms with Crippen LogP contribution in [0.15, 0.2) is 36.9 Å². The molecule has 0 aliphatic carbocycles. The maximum absolute atomic E-state index is 11.8. The van der Waals surface area contributed by atoms with Crippen molar-refractivity contribution in [2.24, 2.45) is 0 Å². The first kappa shape index (κ1) is 14.2. The lowest BCUT2D eigenvalue weighted by Crippen LogP contribution is -2.33. The third-order valence-electron chi connectivity index (χ3n) is 2.33. The standard InChI is InChI=1S/C12H15NO4S/c1-3-8-18(16,17)9-12(15)13(2)10-4-6-11(14)7-5-10/h3-7,14H,1,8-9H2,2H3. The number of sulfone groups is 1. The van der Waals surface area contributed by atoms with Crippen LogP contribution in [0.3, 0.4) is 0 Å². The Hall–Kier alpha value is -1.82. The molecule has 0 radical (unpaired) electrons. The Labute approximate surface area is 106 Å². The summed E-state index contributed by atoms with van der Waals surface area (Å²) in [6.45, 7) is 3.33.